The summed E-state index contributed by atoms with van der Waals surface area (Å²) in [5.74, 6) is 0.675. The van der Waals surface area contributed by atoms with Gasteiger partial charge in [-0.25, -0.2) is 6.07 Å². The molecule has 0 bridgehead atoms. The van der Waals surface area contributed by atoms with Crippen molar-refractivity contribution in [3.05, 3.63) is 123 Å². The van der Waals surface area contributed by atoms with E-state index in [1.807, 2.05) is 6.07 Å². The fourth-order valence-electron chi connectivity index (χ4n) is 4.98. The summed E-state index contributed by atoms with van der Waals surface area (Å²) in [7, 11) is 0. The first-order chi connectivity index (χ1) is 18.2. The molecule has 0 spiro atoms. The van der Waals surface area contributed by atoms with E-state index < -0.39 is 0 Å². The van der Waals surface area contributed by atoms with Crippen molar-refractivity contribution in [3.63, 3.8) is 0 Å². The van der Waals surface area contributed by atoms with Crippen LogP contribution in [-0.4, -0.2) is 3.71 Å². The molecule has 4 aromatic rings. The first-order valence-electron chi connectivity index (χ1n) is 14.2. The van der Waals surface area contributed by atoms with Crippen LogP contribution in [0, 0.1) is 19.9 Å². The zero-order valence-electron chi connectivity index (χ0n) is 26.5. The van der Waals surface area contributed by atoms with E-state index >= 15 is 0 Å². The van der Waals surface area contributed by atoms with Crippen LogP contribution < -0.4 is 24.8 Å². The molecule has 0 atom stereocenters. The average molecular weight is 665 g/mol. The van der Waals surface area contributed by atoms with Crippen LogP contribution in [0.2, 0.25) is 0 Å². The molecule has 0 amide bonds. The van der Waals surface area contributed by atoms with E-state index in [1.165, 1.54) is 79.9 Å². The van der Waals surface area contributed by atoms with Crippen molar-refractivity contribution < 1.29 is 49.0 Å². The Morgan fingerprint density at radius 2 is 1.39 bits per heavy atom. The van der Waals surface area contributed by atoms with Gasteiger partial charge in [-0.1, -0.05) is 110 Å². The summed E-state index contributed by atoms with van der Waals surface area (Å²) in [5.41, 5.74) is 14.4. The van der Waals surface area contributed by atoms with Crippen molar-refractivity contribution >= 4 is 3.71 Å². The number of hydrogen-bond donors (Lipinski definition) is 0. The quantitative estimate of drug-likeness (QED) is 0.249. The Labute approximate surface area is 277 Å². The molecule has 1 aliphatic rings. The van der Waals surface area contributed by atoms with Gasteiger partial charge in [0, 0.05) is 0 Å². The molecular formula is C38H46Cl2Zr-2. The molecule has 0 radical (unpaired) electrons. The van der Waals surface area contributed by atoms with E-state index in [1.54, 1.807) is 0 Å². The summed E-state index contributed by atoms with van der Waals surface area (Å²) in [6.07, 6.45) is 1.03. The number of benzene rings is 3. The van der Waals surface area contributed by atoms with Crippen molar-refractivity contribution in [2.75, 3.05) is 0 Å². The molecule has 0 aliphatic heterocycles. The van der Waals surface area contributed by atoms with Gasteiger partial charge in [-0.2, -0.15) is 52.1 Å². The molecule has 218 valence electrons. The van der Waals surface area contributed by atoms with E-state index in [2.05, 4.69) is 146 Å². The maximum atomic E-state index is 3.53. The molecule has 0 heterocycles. The Balaban J connectivity index is 0.000000352. The molecule has 0 aromatic heterocycles. The molecule has 5 rings (SSSR count). The summed E-state index contributed by atoms with van der Waals surface area (Å²) in [6.45, 7) is 22.5. The van der Waals surface area contributed by atoms with Gasteiger partial charge in [0.1, 0.15) is 0 Å². The van der Waals surface area contributed by atoms with Gasteiger partial charge in [0.15, 0.2) is 0 Å². The second-order valence-corrected chi connectivity index (χ2v) is 13.9. The molecule has 3 heteroatoms. The second kappa shape index (κ2) is 15.7. The summed E-state index contributed by atoms with van der Waals surface area (Å²) < 4.78 is 2.17. The van der Waals surface area contributed by atoms with Gasteiger partial charge in [0.2, 0.25) is 0 Å². The summed E-state index contributed by atoms with van der Waals surface area (Å²) in [6, 6.07) is 29.9. The Kier molecular flexibility index (Phi) is 14.3. The molecule has 1 aliphatic carbocycles. The number of fused-ring (bicyclic) bond motifs is 3. The van der Waals surface area contributed by atoms with Crippen molar-refractivity contribution in [2.24, 2.45) is 0 Å². The second-order valence-electron chi connectivity index (χ2n) is 13.2. The first-order valence-corrected chi connectivity index (χ1v) is 15.6. The van der Waals surface area contributed by atoms with Gasteiger partial charge < -0.3 is 24.8 Å². The fraction of sp³-hybridized carbons (Fsp3) is 0.368. The fourth-order valence-corrected chi connectivity index (χ4v) is 5.45. The van der Waals surface area contributed by atoms with Gasteiger partial charge in [0.05, 0.1) is 0 Å². The topological polar surface area (TPSA) is 0 Å². The van der Waals surface area contributed by atoms with Crippen LogP contribution in [0.15, 0.2) is 72.8 Å². The van der Waals surface area contributed by atoms with Crippen LogP contribution >= 0.6 is 0 Å². The monoisotopic (exact) mass is 662 g/mol. The van der Waals surface area contributed by atoms with Crippen LogP contribution in [0.4, 0.5) is 0 Å². The molecule has 0 N–H and O–H groups in total. The van der Waals surface area contributed by atoms with Crippen LogP contribution in [0.1, 0.15) is 106 Å². The number of aryl methyl sites for hydroxylation is 2. The van der Waals surface area contributed by atoms with E-state index in [0.717, 1.165) is 6.42 Å². The van der Waals surface area contributed by atoms with Crippen LogP contribution in [0.25, 0.3) is 11.1 Å². The Hall–Kier alpha value is -1.66. The van der Waals surface area contributed by atoms with E-state index in [4.69, 9.17) is 0 Å². The Morgan fingerprint density at radius 1 is 0.805 bits per heavy atom. The van der Waals surface area contributed by atoms with E-state index in [-0.39, 0.29) is 35.6 Å². The van der Waals surface area contributed by atoms with Gasteiger partial charge in [-0.3, -0.25) is 0 Å². The van der Waals surface area contributed by atoms with Crippen LogP contribution in [-0.2, 0) is 41.5 Å². The Bertz CT molecular complexity index is 1340. The summed E-state index contributed by atoms with van der Waals surface area (Å²) in [5, 5.41) is 0. The predicted molar refractivity (Wildman–Crippen MR) is 168 cm³/mol. The zero-order valence-corrected chi connectivity index (χ0v) is 30.5. The molecule has 0 unspecified atom stereocenters. The van der Waals surface area contributed by atoms with Crippen LogP contribution in [0.3, 0.4) is 0 Å². The van der Waals surface area contributed by atoms with E-state index in [9.17, 15) is 0 Å². The van der Waals surface area contributed by atoms with Crippen molar-refractivity contribution in [1.29, 1.82) is 0 Å². The Morgan fingerprint density at radius 3 is 1.83 bits per heavy atom. The molecule has 0 nitrogen and oxygen atoms in total. The van der Waals surface area contributed by atoms with Crippen LogP contribution in [0.5, 0.6) is 0 Å². The molecule has 4 aromatic carbocycles. The molecule has 0 saturated carbocycles. The molecule has 0 fully saturated rings. The molecular weight excluding hydrogens is 619 g/mol. The van der Waals surface area contributed by atoms with Crippen molar-refractivity contribution in [1.82, 2.24) is 0 Å². The molecule has 0 saturated heterocycles. The number of halogens is 2. The number of rotatable bonds is 2. The zero-order chi connectivity index (χ0) is 29.0. The maximum absolute atomic E-state index is 3.53. The van der Waals surface area contributed by atoms with Gasteiger partial charge >= 0.3 is 63.8 Å². The third-order valence-electron chi connectivity index (χ3n) is 7.40. The average Bonchev–Trinajstić information content (AvgIpc) is 3.42. The van der Waals surface area contributed by atoms with Gasteiger partial charge in [-0.05, 0) is 17.4 Å². The van der Waals surface area contributed by atoms with E-state index in [0.29, 0.717) is 5.92 Å². The minimum atomic E-state index is 0. The van der Waals surface area contributed by atoms with Crippen molar-refractivity contribution in [2.45, 2.75) is 92.4 Å². The van der Waals surface area contributed by atoms with Crippen molar-refractivity contribution in [3.8, 4) is 11.1 Å². The summed E-state index contributed by atoms with van der Waals surface area (Å²) in [4.78, 5) is 0. The SMILES string of the molecule is CC(C)(C)c1c[c-]c2c(c1)-c1cc(C(C)(C)C)ccc1C2.Cc1cc(C(C)C)c(C)[cH-]1.[Cl-].[Cl-].[Zr+2]=[CH]c1ccccc1. The van der Waals surface area contributed by atoms with Gasteiger partial charge in [-0.15, -0.1) is 5.56 Å². The normalized spacial score (nSPS) is 11.5. The molecule has 41 heavy (non-hydrogen) atoms. The predicted octanol–water partition coefficient (Wildman–Crippen LogP) is 4.19. The number of hydrogen-bond acceptors (Lipinski definition) is 0. The third-order valence-corrected chi connectivity index (χ3v) is 8.22. The summed E-state index contributed by atoms with van der Waals surface area (Å²) >= 11 is 1.46. The van der Waals surface area contributed by atoms with Gasteiger partial charge in [0.25, 0.3) is 0 Å². The third kappa shape index (κ3) is 10.2. The standard InChI is InChI=1S/C21H25.C10H15.C7H6.2ClH.Zr/c1-20(2,3)16-9-7-14-11-15-8-10-17(21(4,5)6)13-19(15)18(14)12-16;1-7(2)10-6-8(3)5-9(10)4;1-7-5-3-2-4-6-7;;;/h7,9-10,12-13H,11H2,1-6H3;5-7H,1-4H3;1-6H;2*1H;/q2*-1;;;;+2/p-2. The first kappa shape index (κ1) is 37.4. The minimum absolute atomic E-state index is 0.